The highest BCUT2D eigenvalue weighted by Crippen LogP contribution is 2.31. The summed E-state index contributed by atoms with van der Waals surface area (Å²) in [6.07, 6.45) is 0. The summed E-state index contributed by atoms with van der Waals surface area (Å²) in [6.45, 7) is 3.91. The Morgan fingerprint density at radius 2 is 1.56 bits per heavy atom. The Bertz CT molecular complexity index is 1280. The van der Waals surface area contributed by atoms with E-state index in [2.05, 4.69) is 20.9 Å². The highest BCUT2D eigenvalue weighted by Gasteiger charge is 2.18. The lowest BCUT2D eigenvalue weighted by Gasteiger charge is -2.13. The average Bonchev–Trinajstić information content (AvgIpc) is 3.20. The highest BCUT2D eigenvalue weighted by atomic mass is 32.2. The Labute approximate surface area is 213 Å². The summed E-state index contributed by atoms with van der Waals surface area (Å²) < 4.78 is 0. The van der Waals surface area contributed by atoms with Crippen LogP contribution in [0.2, 0.25) is 0 Å². The number of thioether (sulfide) groups is 1. The highest BCUT2D eigenvalue weighted by molar-refractivity contribution is 8.00. The molecule has 0 saturated heterocycles. The molecule has 0 fully saturated rings. The normalized spacial score (nSPS) is 11.5. The number of nitrogens with one attached hydrogen (secondary N) is 3. The van der Waals surface area contributed by atoms with E-state index in [0.29, 0.717) is 10.2 Å². The molecule has 1 unspecified atom stereocenters. The lowest BCUT2D eigenvalue weighted by Crippen LogP contribution is -2.22. The van der Waals surface area contributed by atoms with Gasteiger partial charge in [-0.05, 0) is 56.4 Å². The van der Waals surface area contributed by atoms with Crippen LogP contribution in [0.25, 0.3) is 11.3 Å². The molecule has 5 nitrogen and oxygen atoms in total. The van der Waals surface area contributed by atoms with Crippen molar-refractivity contribution >= 4 is 62.8 Å². The van der Waals surface area contributed by atoms with Crippen LogP contribution in [0.5, 0.6) is 0 Å². The molecule has 0 bridgehead atoms. The Hall–Kier alpha value is -3.20. The molecule has 4 rings (SSSR count). The molecule has 8 heteroatoms. The van der Waals surface area contributed by atoms with Crippen molar-refractivity contribution in [3.63, 3.8) is 0 Å². The molecule has 4 aromatic rings. The maximum absolute atomic E-state index is 12.8. The summed E-state index contributed by atoms with van der Waals surface area (Å²) >= 11 is 8.38. The predicted octanol–water partition coefficient (Wildman–Crippen LogP) is 7.05. The molecule has 1 atom stereocenters. The van der Waals surface area contributed by atoms with Crippen molar-refractivity contribution in [2.24, 2.45) is 0 Å². The van der Waals surface area contributed by atoms with Crippen LogP contribution in [0.15, 0.2) is 89.8 Å². The minimum Gasteiger partial charge on any atom is -0.332 e. The van der Waals surface area contributed by atoms with Crippen molar-refractivity contribution in [3.8, 4) is 11.3 Å². The van der Waals surface area contributed by atoms with Gasteiger partial charge in [-0.2, -0.15) is 0 Å². The van der Waals surface area contributed by atoms with Gasteiger partial charge in [0.15, 0.2) is 10.2 Å². The number of thiocarbonyl (C=S) groups is 1. The van der Waals surface area contributed by atoms with Gasteiger partial charge in [-0.25, -0.2) is 4.98 Å². The molecule has 0 aliphatic heterocycles. The number of rotatable bonds is 7. The van der Waals surface area contributed by atoms with Crippen LogP contribution < -0.4 is 16.0 Å². The Morgan fingerprint density at radius 1 is 0.912 bits per heavy atom. The molecule has 3 N–H and O–H groups in total. The molecule has 0 radical (unpaired) electrons. The molecular weight excluding hydrogens is 481 g/mol. The topological polar surface area (TPSA) is 66.1 Å². The van der Waals surface area contributed by atoms with Gasteiger partial charge in [0, 0.05) is 26.7 Å². The van der Waals surface area contributed by atoms with Crippen LogP contribution in [0.1, 0.15) is 11.8 Å². The Morgan fingerprint density at radius 3 is 2.29 bits per heavy atom. The summed E-state index contributed by atoms with van der Waals surface area (Å²) in [4.78, 5) is 19.5. The Kier molecular flexibility index (Phi) is 7.95. The molecule has 0 aliphatic rings. The lowest BCUT2D eigenvalue weighted by molar-refractivity contribution is -0.115. The summed E-state index contributed by atoms with van der Waals surface area (Å²) in [5, 5.41) is 10.1. The van der Waals surface area contributed by atoms with Crippen molar-refractivity contribution in [2.45, 2.75) is 24.0 Å². The molecular formula is C26H24N4OS3. The molecule has 34 heavy (non-hydrogen) atoms. The van der Waals surface area contributed by atoms with Crippen molar-refractivity contribution in [2.75, 3.05) is 16.0 Å². The smallest absolute Gasteiger partial charge is 0.239 e. The molecule has 0 saturated carbocycles. The fourth-order valence-corrected chi connectivity index (χ4v) is 5.24. The summed E-state index contributed by atoms with van der Waals surface area (Å²) in [6, 6.07) is 27.6. The van der Waals surface area contributed by atoms with E-state index in [-0.39, 0.29) is 11.2 Å². The summed E-state index contributed by atoms with van der Waals surface area (Å²) in [5.74, 6) is -0.0852. The van der Waals surface area contributed by atoms with Crippen molar-refractivity contribution in [1.29, 1.82) is 0 Å². The number of benzene rings is 3. The zero-order valence-corrected chi connectivity index (χ0v) is 21.2. The van der Waals surface area contributed by atoms with E-state index >= 15 is 0 Å². The number of aromatic nitrogens is 1. The minimum absolute atomic E-state index is 0.0852. The summed E-state index contributed by atoms with van der Waals surface area (Å²) in [5.41, 5.74) is 3.72. The van der Waals surface area contributed by atoms with Crippen molar-refractivity contribution < 1.29 is 4.79 Å². The van der Waals surface area contributed by atoms with Gasteiger partial charge in [-0.3, -0.25) is 4.79 Å². The van der Waals surface area contributed by atoms with Gasteiger partial charge in [0.05, 0.1) is 10.9 Å². The van der Waals surface area contributed by atoms with Crippen molar-refractivity contribution in [3.05, 3.63) is 89.8 Å². The van der Waals surface area contributed by atoms with Crippen LogP contribution in [0.4, 0.5) is 16.5 Å². The number of thiazole rings is 1. The fourth-order valence-electron chi connectivity index (χ4n) is 3.24. The number of nitrogens with zero attached hydrogens (tertiary/aromatic N) is 1. The second-order valence-corrected chi connectivity index (χ2v) is 10.5. The van der Waals surface area contributed by atoms with Crippen LogP contribution in [0.3, 0.4) is 0 Å². The predicted molar refractivity (Wildman–Crippen MR) is 149 cm³/mol. The molecule has 1 heterocycles. The number of carbonyl (C=O) groups excluding carboxylic acids is 1. The largest absolute Gasteiger partial charge is 0.332 e. The lowest BCUT2D eigenvalue weighted by atomic mass is 10.1. The first-order chi connectivity index (χ1) is 16.5. The molecule has 1 amide bonds. The quantitative estimate of drug-likeness (QED) is 0.185. The number of anilines is 3. The van der Waals surface area contributed by atoms with Crippen LogP contribution in [-0.2, 0) is 4.79 Å². The maximum atomic E-state index is 12.8. The molecule has 1 aromatic heterocycles. The van der Waals surface area contributed by atoms with Crippen LogP contribution >= 0.6 is 35.3 Å². The second kappa shape index (κ2) is 11.3. The third-order valence-corrected chi connectivity index (χ3v) is 7.06. The minimum atomic E-state index is -0.297. The number of hydrogen-bond acceptors (Lipinski definition) is 5. The zero-order valence-electron chi connectivity index (χ0n) is 18.7. The first kappa shape index (κ1) is 23.9. The van der Waals surface area contributed by atoms with Gasteiger partial charge < -0.3 is 16.0 Å². The van der Waals surface area contributed by atoms with Gasteiger partial charge in [0.2, 0.25) is 5.91 Å². The van der Waals surface area contributed by atoms with Gasteiger partial charge in [-0.15, -0.1) is 23.1 Å². The number of hydrogen-bond donors (Lipinski definition) is 3. The summed E-state index contributed by atoms with van der Waals surface area (Å²) in [7, 11) is 0. The van der Waals surface area contributed by atoms with E-state index in [1.54, 1.807) is 0 Å². The fraction of sp³-hybridized carbons (Fsp3) is 0.115. The van der Waals surface area contributed by atoms with E-state index in [0.717, 1.165) is 32.4 Å². The monoisotopic (exact) mass is 504 g/mol. The first-order valence-corrected chi connectivity index (χ1v) is 12.8. The van der Waals surface area contributed by atoms with E-state index in [9.17, 15) is 4.79 Å². The number of para-hydroxylation sites is 1. The average molecular weight is 505 g/mol. The first-order valence-electron chi connectivity index (χ1n) is 10.7. The number of amides is 1. The Balaban J connectivity index is 1.35. The second-order valence-electron chi connectivity index (χ2n) is 7.51. The SMILES string of the molecule is Cc1sc(NC(=O)C(C)Sc2cccc(NC(=S)Nc3ccccc3)c2)nc1-c1ccccc1. The van der Waals surface area contributed by atoms with E-state index < -0.39 is 0 Å². The van der Waals surface area contributed by atoms with Crippen LogP contribution in [-0.4, -0.2) is 21.3 Å². The maximum Gasteiger partial charge on any atom is 0.239 e. The molecule has 0 aliphatic carbocycles. The zero-order chi connectivity index (χ0) is 23.9. The van der Waals surface area contributed by atoms with Crippen molar-refractivity contribution in [1.82, 2.24) is 4.98 Å². The standard InChI is InChI=1S/C26H24N4OS3/c1-17-23(19-10-5-3-6-11-19)29-26(34-17)30-24(31)18(2)33-22-15-9-14-21(16-22)28-25(32)27-20-12-7-4-8-13-20/h3-16,18H,1-2H3,(H2,27,28,32)(H,29,30,31). The van der Waals surface area contributed by atoms with Gasteiger partial charge in [0.1, 0.15) is 0 Å². The van der Waals surface area contributed by atoms with Gasteiger partial charge >= 0.3 is 0 Å². The van der Waals surface area contributed by atoms with Crippen LogP contribution in [0, 0.1) is 6.92 Å². The van der Waals surface area contributed by atoms with E-state index in [4.69, 9.17) is 12.2 Å². The number of aryl methyl sites for hydroxylation is 1. The third kappa shape index (κ3) is 6.44. The van der Waals surface area contributed by atoms with Gasteiger partial charge in [-0.1, -0.05) is 54.6 Å². The molecule has 172 valence electrons. The molecule has 0 spiro atoms. The van der Waals surface area contributed by atoms with E-state index in [1.165, 1.54) is 23.1 Å². The number of carbonyl (C=O) groups is 1. The molecule has 3 aromatic carbocycles. The van der Waals surface area contributed by atoms with E-state index in [1.807, 2.05) is 98.8 Å². The van der Waals surface area contributed by atoms with Gasteiger partial charge in [0.25, 0.3) is 0 Å². The third-order valence-electron chi connectivity index (χ3n) is 4.88.